The lowest BCUT2D eigenvalue weighted by Gasteiger charge is -2.41. The number of nitrogens with one attached hydrogen (secondary N) is 2. The molecule has 1 fully saturated rings. The predicted molar refractivity (Wildman–Crippen MR) is 134 cm³/mol. The van der Waals surface area contributed by atoms with E-state index >= 15 is 0 Å². The van der Waals surface area contributed by atoms with Gasteiger partial charge in [0.25, 0.3) is 5.91 Å². The second kappa shape index (κ2) is 9.21. The number of pyridine rings is 1. The molecule has 2 amide bonds. The van der Waals surface area contributed by atoms with Crippen LogP contribution in [0.3, 0.4) is 0 Å². The van der Waals surface area contributed by atoms with Gasteiger partial charge < -0.3 is 16.4 Å². The van der Waals surface area contributed by atoms with E-state index in [0.29, 0.717) is 34.8 Å². The van der Waals surface area contributed by atoms with Crippen LogP contribution in [0.1, 0.15) is 35.2 Å². The van der Waals surface area contributed by atoms with Crippen LogP contribution in [-0.2, 0) is 10.2 Å². The summed E-state index contributed by atoms with van der Waals surface area (Å²) in [6.07, 6.45) is 3.89. The average molecular weight is 579 g/mol. The maximum absolute atomic E-state index is 13.2. The van der Waals surface area contributed by atoms with Gasteiger partial charge in [-0.25, -0.2) is 4.98 Å². The standard InChI is InChI=1S/C23H19Br2ClN4O2/c24-15-4-1-3-13(9-15)21(31)29-18-6-5-14(10-17(18)26)23(7-2-8-23)22(32)30-19-11-16(25)12-28-20(19)27/h1,3-6,9-12H,2,7-8H2,(H2,27,28)(H,29,31)(H,30,32). The van der Waals surface area contributed by atoms with Gasteiger partial charge in [0.05, 0.1) is 21.8 Å². The second-order valence-corrected chi connectivity index (χ2v) is 9.87. The van der Waals surface area contributed by atoms with Crippen molar-refractivity contribution in [1.29, 1.82) is 0 Å². The molecule has 0 aliphatic heterocycles. The zero-order valence-corrected chi connectivity index (χ0v) is 20.7. The summed E-state index contributed by atoms with van der Waals surface area (Å²) in [5, 5.41) is 6.11. The Labute approximate surface area is 207 Å². The van der Waals surface area contributed by atoms with Gasteiger partial charge in [-0.1, -0.05) is 46.1 Å². The molecule has 1 heterocycles. The molecule has 4 N–H and O–H groups in total. The van der Waals surface area contributed by atoms with Crippen LogP contribution in [0.15, 0.2) is 63.7 Å². The SMILES string of the molecule is Nc1ncc(Br)cc1NC(=O)C1(c2ccc(NC(=O)c3cccc(Br)c3)c(Cl)c2)CCC1. The van der Waals surface area contributed by atoms with Gasteiger partial charge in [-0.2, -0.15) is 0 Å². The predicted octanol–water partition coefficient (Wildman–Crippen LogP) is 6.15. The van der Waals surface area contributed by atoms with Crippen molar-refractivity contribution in [3.63, 3.8) is 0 Å². The third-order valence-electron chi connectivity index (χ3n) is 5.63. The fourth-order valence-electron chi connectivity index (χ4n) is 3.71. The van der Waals surface area contributed by atoms with Crippen LogP contribution < -0.4 is 16.4 Å². The first-order valence-electron chi connectivity index (χ1n) is 9.88. The summed E-state index contributed by atoms with van der Waals surface area (Å²) in [4.78, 5) is 29.9. The first-order chi connectivity index (χ1) is 15.3. The number of halogens is 3. The van der Waals surface area contributed by atoms with E-state index < -0.39 is 5.41 Å². The van der Waals surface area contributed by atoms with Crippen LogP contribution in [0.2, 0.25) is 5.02 Å². The van der Waals surface area contributed by atoms with Gasteiger partial charge in [-0.3, -0.25) is 9.59 Å². The topological polar surface area (TPSA) is 97.1 Å². The normalized spacial score (nSPS) is 14.3. The number of benzene rings is 2. The van der Waals surface area contributed by atoms with Crippen LogP contribution in [0, 0.1) is 0 Å². The van der Waals surface area contributed by atoms with Gasteiger partial charge >= 0.3 is 0 Å². The molecule has 0 spiro atoms. The molecule has 1 aliphatic carbocycles. The van der Waals surface area contributed by atoms with E-state index in [1.165, 1.54) is 0 Å². The molecule has 1 aromatic heterocycles. The highest BCUT2D eigenvalue weighted by molar-refractivity contribution is 9.10. The van der Waals surface area contributed by atoms with E-state index in [2.05, 4.69) is 47.5 Å². The Kier molecular flexibility index (Phi) is 6.55. The number of rotatable bonds is 5. The van der Waals surface area contributed by atoms with E-state index in [4.69, 9.17) is 17.3 Å². The first-order valence-corrected chi connectivity index (χ1v) is 11.8. The maximum Gasteiger partial charge on any atom is 0.255 e. The Bertz CT molecular complexity index is 1210. The van der Waals surface area contributed by atoms with Gasteiger partial charge in [-0.05, 0) is 70.7 Å². The molecule has 0 saturated heterocycles. The van der Waals surface area contributed by atoms with E-state index in [0.717, 1.165) is 20.9 Å². The Hall–Kier alpha value is -2.42. The summed E-state index contributed by atoms with van der Waals surface area (Å²) in [7, 11) is 0. The smallest absolute Gasteiger partial charge is 0.255 e. The Balaban J connectivity index is 1.56. The number of hydrogen-bond acceptors (Lipinski definition) is 4. The summed E-state index contributed by atoms with van der Waals surface area (Å²) in [5.74, 6) is -0.174. The third-order valence-corrected chi connectivity index (χ3v) is 6.87. The number of nitrogens with zero attached hydrogens (tertiary/aromatic N) is 1. The Morgan fingerprint density at radius 1 is 1.00 bits per heavy atom. The van der Waals surface area contributed by atoms with Gasteiger partial charge in [0, 0.05) is 20.7 Å². The highest BCUT2D eigenvalue weighted by atomic mass is 79.9. The van der Waals surface area contributed by atoms with Gasteiger partial charge in [0.2, 0.25) is 5.91 Å². The third kappa shape index (κ3) is 4.53. The Morgan fingerprint density at radius 3 is 2.44 bits per heavy atom. The monoisotopic (exact) mass is 576 g/mol. The first kappa shape index (κ1) is 22.8. The van der Waals surface area contributed by atoms with Crippen LogP contribution in [-0.4, -0.2) is 16.8 Å². The molecule has 6 nitrogen and oxygen atoms in total. The number of nitrogens with two attached hydrogens (primary N) is 1. The van der Waals surface area contributed by atoms with Crippen molar-refractivity contribution in [2.75, 3.05) is 16.4 Å². The average Bonchev–Trinajstić information content (AvgIpc) is 2.72. The quantitative estimate of drug-likeness (QED) is 0.338. The van der Waals surface area contributed by atoms with Crippen molar-refractivity contribution < 1.29 is 9.59 Å². The lowest BCUT2D eigenvalue weighted by atomic mass is 9.63. The highest BCUT2D eigenvalue weighted by Crippen LogP contribution is 2.46. The minimum Gasteiger partial charge on any atom is -0.382 e. The molecule has 0 atom stereocenters. The van der Waals surface area contributed by atoms with Crippen molar-refractivity contribution >= 4 is 72.5 Å². The van der Waals surface area contributed by atoms with E-state index in [-0.39, 0.29) is 17.6 Å². The zero-order valence-electron chi connectivity index (χ0n) is 16.8. The summed E-state index contributed by atoms with van der Waals surface area (Å²) in [6.45, 7) is 0. The number of carbonyl (C=O) groups is 2. The van der Waals surface area contributed by atoms with Crippen molar-refractivity contribution in [3.8, 4) is 0 Å². The lowest BCUT2D eigenvalue weighted by Crippen LogP contribution is -2.46. The van der Waals surface area contributed by atoms with Crippen LogP contribution in [0.4, 0.5) is 17.2 Å². The van der Waals surface area contributed by atoms with E-state index in [1.807, 2.05) is 12.1 Å². The summed E-state index contributed by atoms with van der Waals surface area (Å²) in [6, 6.07) is 14.1. The van der Waals surface area contributed by atoms with Crippen LogP contribution in [0.5, 0.6) is 0 Å². The molecule has 32 heavy (non-hydrogen) atoms. The molecule has 164 valence electrons. The minimum atomic E-state index is -0.703. The van der Waals surface area contributed by atoms with Crippen LogP contribution in [0.25, 0.3) is 0 Å². The lowest BCUT2D eigenvalue weighted by molar-refractivity contribution is -0.124. The molecule has 9 heteroatoms. The molecule has 0 radical (unpaired) electrons. The molecule has 4 rings (SSSR count). The fourth-order valence-corrected chi connectivity index (χ4v) is 4.67. The molecule has 3 aromatic rings. The van der Waals surface area contributed by atoms with Crippen LogP contribution >= 0.6 is 43.5 Å². The number of amides is 2. The largest absolute Gasteiger partial charge is 0.382 e. The van der Waals surface area contributed by atoms with E-state index in [1.54, 1.807) is 42.6 Å². The van der Waals surface area contributed by atoms with Gasteiger partial charge in [-0.15, -0.1) is 0 Å². The summed E-state index contributed by atoms with van der Waals surface area (Å²) in [5.41, 5.74) is 7.46. The van der Waals surface area contributed by atoms with Crippen molar-refractivity contribution in [2.45, 2.75) is 24.7 Å². The van der Waals surface area contributed by atoms with Gasteiger partial charge in [0.1, 0.15) is 5.82 Å². The van der Waals surface area contributed by atoms with Crippen molar-refractivity contribution in [3.05, 3.63) is 79.8 Å². The molecule has 2 aromatic carbocycles. The molecule has 0 bridgehead atoms. The van der Waals surface area contributed by atoms with Crippen molar-refractivity contribution in [2.24, 2.45) is 0 Å². The molecule has 0 unspecified atom stereocenters. The van der Waals surface area contributed by atoms with E-state index in [9.17, 15) is 9.59 Å². The molecular formula is C23H19Br2ClN4O2. The summed E-state index contributed by atoms with van der Waals surface area (Å²) < 4.78 is 1.53. The molecule has 1 aliphatic rings. The number of hydrogen-bond donors (Lipinski definition) is 3. The highest BCUT2D eigenvalue weighted by Gasteiger charge is 2.46. The zero-order chi connectivity index (χ0) is 22.9. The molecule has 1 saturated carbocycles. The second-order valence-electron chi connectivity index (χ2n) is 7.64. The van der Waals surface area contributed by atoms with Crippen molar-refractivity contribution in [1.82, 2.24) is 4.98 Å². The van der Waals surface area contributed by atoms with Gasteiger partial charge in [0.15, 0.2) is 0 Å². The number of anilines is 3. The number of carbonyl (C=O) groups excluding carboxylic acids is 2. The maximum atomic E-state index is 13.2. The minimum absolute atomic E-state index is 0.155. The number of nitrogen functional groups attached to an aromatic ring is 1. The number of aromatic nitrogens is 1. The Morgan fingerprint density at radius 2 is 1.78 bits per heavy atom. The summed E-state index contributed by atoms with van der Waals surface area (Å²) >= 11 is 13.2. The fraction of sp³-hybridized carbons (Fsp3) is 0.174. The molecular weight excluding hydrogens is 560 g/mol.